The molecule has 0 aromatic rings. The molecule has 0 aromatic heterocycles. The van der Waals surface area contributed by atoms with Gasteiger partial charge in [-0.25, -0.2) is 4.39 Å². The van der Waals surface area contributed by atoms with Crippen LogP contribution in [0.4, 0.5) is 4.39 Å². The van der Waals surface area contributed by atoms with Crippen LogP contribution >= 0.6 is 12.4 Å². The van der Waals surface area contributed by atoms with Crippen LogP contribution < -0.4 is 0 Å². The molecule has 4 aliphatic carbocycles. The SMILES string of the molecule is C[C@@H]1CC2[C@H]3CCC4=CC(=O)C=C[C@]4(C)[C@@]3(F)[C@@H](O)C[C@]2(C)[C@@]1(O)C(=O)CO.Cl.[NaH]. The Morgan fingerprint density at radius 2 is 1.93 bits per heavy atom. The van der Waals surface area contributed by atoms with Gasteiger partial charge in [0.25, 0.3) is 0 Å². The summed E-state index contributed by atoms with van der Waals surface area (Å²) in [5.74, 6) is -2.12. The van der Waals surface area contributed by atoms with E-state index >= 15 is 4.39 Å². The fourth-order valence-electron chi connectivity index (χ4n) is 7.26. The third-order valence-corrected chi connectivity index (χ3v) is 8.79. The zero-order chi connectivity index (χ0) is 20.7. The molecule has 0 aromatic carbocycles. The Bertz CT molecular complexity index is 817. The van der Waals surface area contributed by atoms with Crippen LogP contribution in [0.2, 0.25) is 0 Å². The Hall–Kier alpha value is -0.0800. The molecule has 8 atom stereocenters. The summed E-state index contributed by atoms with van der Waals surface area (Å²) in [6, 6.07) is 0. The molecule has 8 heteroatoms. The fraction of sp³-hybridized carbons (Fsp3) is 0.727. The van der Waals surface area contributed by atoms with Crippen molar-refractivity contribution in [2.75, 3.05) is 6.61 Å². The Labute approximate surface area is 204 Å². The third-order valence-electron chi connectivity index (χ3n) is 8.79. The number of rotatable bonds is 2. The minimum atomic E-state index is -1.98. The maximum absolute atomic E-state index is 16.9. The van der Waals surface area contributed by atoms with E-state index in [1.165, 1.54) is 12.2 Å². The van der Waals surface area contributed by atoms with Crippen LogP contribution in [0, 0.1) is 28.6 Å². The molecule has 0 aliphatic heterocycles. The number of Topliss-reactive ketones (excluding diaryl/α,β-unsaturated/α-hetero) is 1. The average Bonchev–Trinajstić information content (AvgIpc) is 2.84. The summed E-state index contributed by atoms with van der Waals surface area (Å²) in [7, 11) is 0. The molecular weight excluding hydrogens is 422 g/mol. The fourth-order valence-corrected chi connectivity index (χ4v) is 7.26. The first-order chi connectivity index (χ1) is 13.0. The van der Waals surface area contributed by atoms with E-state index in [-0.39, 0.29) is 60.1 Å². The maximum atomic E-state index is 16.9. The number of allylic oxidation sites excluding steroid dienone is 4. The molecule has 164 valence electrons. The van der Waals surface area contributed by atoms with Gasteiger partial charge in [-0.15, -0.1) is 12.4 Å². The Morgan fingerprint density at radius 3 is 2.53 bits per heavy atom. The first kappa shape index (κ1) is 26.2. The molecule has 3 N–H and O–H groups in total. The molecule has 4 rings (SSSR count). The van der Waals surface area contributed by atoms with E-state index in [2.05, 4.69) is 0 Å². The third kappa shape index (κ3) is 2.87. The molecule has 0 spiro atoms. The molecule has 3 saturated carbocycles. The molecular formula is C22H31ClFNaO5. The van der Waals surface area contributed by atoms with Crippen molar-refractivity contribution in [2.24, 2.45) is 28.6 Å². The van der Waals surface area contributed by atoms with Crippen LogP contribution in [-0.4, -0.2) is 80.4 Å². The van der Waals surface area contributed by atoms with Crippen molar-refractivity contribution in [2.45, 2.75) is 63.8 Å². The van der Waals surface area contributed by atoms with E-state index in [0.717, 1.165) is 0 Å². The molecule has 4 aliphatic rings. The Balaban J connectivity index is 0.00000160. The summed E-state index contributed by atoms with van der Waals surface area (Å²) >= 11 is 0. The van der Waals surface area contributed by atoms with E-state index < -0.39 is 52.4 Å². The van der Waals surface area contributed by atoms with Crippen LogP contribution in [0.25, 0.3) is 0 Å². The number of hydrogen-bond donors (Lipinski definition) is 3. The van der Waals surface area contributed by atoms with Gasteiger partial charge in [0, 0.05) is 16.7 Å². The molecule has 0 bridgehead atoms. The zero-order valence-corrected chi connectivity index (χ0v) is 17.8. The van der Waals surface area contributed by atoms with Crippen molar-refractivity contribution in [3.63, 3.8) is 0 Å². The van der Waals surface area contributed by atoms with Crippen molar-refractivity contribution in [3.05, 3.63) is 23.8 Å². The number of aliphatic hydroxyl groups excluding tert-OH is 2. The van der Waals surface area contributed by atoms with Crippen LogP contribution in [-0.2, 0) is 9.59 Å². The normalized spacial score (nSPS) is 49.0. The second-order valence-electron chi connectivity index (χ2n) is 9.75. The molecule has 0 radical (unpaired) electrons. The first-order valence-electron chi connectivity index (χ1n) is 10.1. The van der Waals surface area contributed by atoms with Crippen LogP contribution in [0.1, 0.15) is 46.5 Å². The van der Waals surface area contributed by atoms with Crippen molar-refractivity contribution in [1.82, 2.24) is 0 Å². The average molecular weight is 453 g/mol. The molecule has 0 heterocycles. The van der Waals surface area contributed by atoms with E-state index in [0.29, 0.717) is 24.8 Å². The number of hydrogen-bond acceptors (Lipinski definition) is 5. The van der Waals surface area contributed by atoms with Crippen molar-refractivity contribution < 1.29 is 29.3 Å². The quantitative estimate of drug-likeness (QED) is 0.554. The van der Waals surface area contributed by atoms with Crippen molar-refractivity contribution >= 4 is 53.5 Å². The van der Waals surface area contributed by atoms with Gasteiger partial charge in [-0.2, -0.15) is 0 Å². The van der Waals surface area contributed by atoms with Gasteiger partial charge in [-0.1, -0.05) is 25.5 Å². The molecule has 3 fully saturated rings. The van der Waals surface area contributed by atoms with Gasteiger partial charge >= 0.3 is 29.6 Å². The Morgan fingerprint density at radius 1 is 1.30 bits per heavy atom. The Kier molecular flexibility index (Phi) is 7.02. The topological polar surface area (TPSA) is 94.8 Å². The van der Waals surface area contributed by atoms with Crippen molar-refractivity contribution in [3.8, 4) is 0 Å². The van der Waals surface area contributed by atoms with Gasteiger partial charge in [0.15, 0.2) is 17.2 Å². The number of carbonyl (C=O) groups is 2. The summed E-state index contributed by atoms with van der Waals surface area (Å²) in [5, 5.41) is 32.0. The minimum absolute atomic E-state index is 0. The summed E-state index contributed by atoms with van der Waals surface area (Å²) < 4.78 is 16.9. The predicted molar refractivity (Wildman–Crippen MR) is 114 cm³/mol. The van der Waals surface area contributed by atoms with E-state index in [9.17, 15) is 24.9 Å². The number of carbonyl (C=O) groups excluding carboxylic acids is 2. The molecule has 1 unspecified atom stereocenters. The number of aliphatic hydroxyl groups is 3. The van der Waals surface area contributed by atoms with Gasteiger partial charge in [0.05, 0.1) is 6.10 Å². The summed E-state index contributed by atoms with van der Waals surface area (Å²) in [5.41, 5.74) is -5.17. The summed E-state index contributed by atoms with van der Waals surface area (Å²) in [4.78, 5) is 24.4. The monoisotopic (exact) mass is 452 g/mol. The van der Waals surface area contributed by atoms with Gasteiger partial charge in [0.2, 0.25) is 0 Å². The summed E-state index contributed by atoms with van der Waals surface area (Å²) in [6.45, 7) is 4.48. The van der Waals surface area contributed by atoms with E-state index in [1.54, 1.807) is 26.8 Å². The van der Waals surface area contributed by atoms with E-state index in [1.807, 2.05) is 0 Å². The molecule has 30 heavy (non-hydrogen) atoms. The molecule has 5 nitrogen and oxygen atoms in total. The summed E-state index contributed by atoms with van der Waals surface area (Å²) in [6.07, 6.45) is 4.44. The van der Waals surface area contributed by atoms with Gasteiger partial charge in [-0.3, -0.25) is 9.59 Å². The van der Waals surface area contributed by atoms with Crippen LogP contribution in [0.15, 0.2) is 23.8 Å². The van der Waals surface area contributed by atoms with Crippen LogP contribution in [0.5, 0.6) is 0 Å². The van der Waals surface area contributed by atoms with Gasteiger partial charge < -0.3 is 15.3 Å². The standard InChI is InChI=1S/C22H29FO5.ClH.Na.H/c1-12-8-16-15-5-4-13-9-14(25)6-7-19(13,2)21(15,23)17(26)10-20(16,3)22(12,28)18(27)11-24;;;/h6-7,9,12,15-17,24,26,28H,4-5,8,10-11H2,1-3H3;1H;;/t12-,15-,16?,17+,19+,20+,21+,22+;;;/m1.../s1. The predicted octanol–water partition coefficient (Wildman–Crippen LogP) is 1.67. The number of fused-ring (bicyclic) bond motifs is 5. The van der Waals surface area contributed by atoms with Gasteiger partial charge in [-0.05, 0) is 56.6 Å². The molecule has 0 amide bonds. The number of halogens is 2. The van der Waals surface area contributed by atoms with Gasteiger partial charge in [0.1, 0.15) is 12.2 Å². The molecule has 0 saturated heterocycles. The number of alkyl halides is 1. The second-order valence-corrected chi connectivity index (χ2v) is 9.75. The van der Waals surface area contributed by atoms with Crippen LogP contribution in [0.3, 0.4) is 0 Å². The second kappa shape index (κ2) is 8.05. The zero-order valence-electron chi connectivity index (χ0n) is 17.0. The first-order valence-corrected chi connectivity index (χ1v) is 10.1. The number of ketones is 2. The van der Waals surface area contributed by atoms with E-state index in [4.69, 9.17) is 0 Å². The van der Waals surface area contributed by atoms with Crippen molar-refractivity contribution in [1.29, 1.82) is 0 Å².